The van der Waals surface area contributed by atoms with Crippen LogP contribution in [0.25, 0.3) is 0 Å². The first kappa shape index (κ1) is 59.8. The highest BCUT2D eigenvalue weighted by atomic mass is 31.3. The minimum Gasteiger partial charge on any atom is -0.462 e. The van der Waals surface area contributed by atoms with Gasteiger partial charge in [0.05, 0.1) is 25.4 Å². The van der Waals surface area contributed by atoms with E-state index in [4.69, 9.17) is 29.0 Å². The molecule has 10 atom stereocenters. The third-order valence-corrected chi connectivity index (χ3v) is 13.3. The summed E-state index contributed by atoms with van der Waals surface area (Å²) in [7, 11) is -10.9. The summed E-state index contributed by atoms with van der Waals surface area (Å²) in [4.78, 5) is 61.7. The average molecular weight is 992 g/mol. The van der Waals surface area contributed by atoms with Crippen LogP contribution < -0.4 is 11.4 Å². The van der Waals surface area contributed by atoms with Crippen molar-refractivity contribution in [1.29, 1.82) is 0 Å². The standard InChI is InChI=1S/C45H75N3O17P2/c1-4-6-16-23-35(49)24-18-13-8-7-9-14-19-25-36(50)26-21-28-41(52)63-37(31-60-40(51)27-20-15-11-10-12-17-22-34(3)5-2)32-61-66(56,57)65-67(58,59)62-33-38-42(53)43(54)44(64-38)48-30-29-39(46)47-45(48)55/h8-9,13-14,18-19,24-25,29-30,34-38,42-44,49-50,53-54H,4-7,10-12,15-17,20-23,26-28,31-33H2,1-3H3,(H,56,57)(H,58,59)(H2,46,47,55)/b13-8-,14-9-,24-18+,25-19+/t34?,35-,36-,37-,38-,42-,43-,44-/m1/s1. The number of aromatic nitrogens is 2. The number of nitrogens with zero attached hydrogens (tertiary/aromatic N) is 2. The summed E-state index contributed by atoms with van der Waals surface area (Å²) in [6, 6.07) is 1.23. The Balaban J connectivity index is 1.90. The Bertz CT molecular complexity index is 1860. The van der Waals surface area contributed by atoms with Crippen LogP contribution in [0.2, 0.25) is 0 Å². The fourth-order valence-electron chi connectivity index (χ4n) is 6.56. The van der Waals surface area contributed by atoms with Crippen molar-refractivity contribution in [1.82, 2.24) is 9.55 Å². The Kier molecular flexibility index (Phi) is 29.6. The van der Waals surface area contributed by atoms with Gasteiger partial charge in [-0.1, -0.05) is 134 Å². The van der Waals surface area contributed by atoms with E-state index in [1.54, 1.807) is 24.3 Å². The molecule has 3 unspecified atom stereocenters. The Morgan fingerprint density at radius 3 is 2.06 bits per heavy atom. The monoisotopic (exact) mass is 991 g/mol. The molecule has 1 aliphatic rings. The van der Waals surface area contributed by atoms with Crippen molar-refractivity contribution in [2.24, 2.45) is 5.92 Å². The van der Waals surface area contributed by atoms with Crippen LogP contribution in [0.15, 0.2) is 65.7 Å². The number of hydrogen-bond acceptors (Lipinski definition) is 17. The summed E-state index contributed by atoms with van der Waals surface area (Å²) in [6.45, 7) is 4.02. The van der Waals surface area contributed by atoms with Crippen LogP contribution in [0.3, 0.4) is 0 Å². The van der Waals surface area contributed by atoms with Crippen LogP contribution in [0.4, 0.5) is 5.82 Å². The molecule has 0 bridgehead atoms. The molecule has 0 spiro atoms. The van der Waals surface area contributed by atoms with Crippen LogP contribution in [0.1, 0.15) is 136 Å². The second-order valence-electron chi connectivity index (χ2n) is 16.6. The van der Waals surface area contributed by atoms with E-state index in [1.807, 2.05) is 24.3 Å². The molecule has 0 radical (unpaired) electrons. The number of carbonyl (C=O) groups is 2. The van der Waals surface area contributed by atoms with Gasteiger partial charge in [0.1, 0.15) is 30.7 Å². The number of phosphoric ester groups is 2. The third kappa shape index (κ3) is 26.8. The maximum absolute atomic E-state index is 12.8. The number of esters is 2. The number of carbonyl (C=O) groups excluding carboxylic acids is 2. The van der Waals surface area contributed by atoms with E-state index in [-0.39, 0.29) is 31.5 Å². The number of unbranched alkanes of at least 4 members (excludes halogenated alkanes) is 7. The van der Waals surface area contributed by atoms with Crippen molar-refractivity contribution >= 4 is 33.4 Å². The maximum Gasteiger partial charge on any atom is 0.481 e. The first-order chi connectivity index (χ1) is 31.9. The third-order valence-electron chi connectivity index (χ3n) is 10.7. The molecule has 2 rings (SSSR count). The number of ether oxygens (including phenoxy) is 3. The van der Waals surface area contributed by atoms with Gasteiger partial charge in [-0.05, 0) is 44.1 Å². The number of nitrogen functional groups attached to an aromatic ring is 1. The van der Waals surface area contributed by atoms with E-state index < -0.39 is 95.9 Å². The summed E-state index contributed by atoms with van der Waals surface area (Å²) < 4.78 is 56.3. The van der Waals surface area contributed by atoms with Gasteiger partial charge < -0.3 is 50.2 Å². The topological polar surface area (TPSA) is 306 Å². The number of phosphoric acid groups is 2. The Morgan fingerprint density at radius 1 is 0.821 bits per heavy atom. The quantitative estimate of drug-likeness (QED) is 0.0165. The number of anilines is 1. The van der Waals surface area contributed by atoms with Crippen molar-refractivity contribution in [3.63, 3.8) is 0 Å². The molecule has 0 saturated carbocycles. The van der Waals surface area contributed by atoms with E-state index in [1.165, 1.54) is 12.5 Å². The highest BCUT2D eigenvalue weighted by Crippen LogP contribution is 2.60. The lowest BCUT2D eigenvalue weighted by atomic mass is 10.00. The highest BCUT2D eigenvalue weighted by Gasteiger charge is 2.46. The van der Waals surface area contributed by atoms with Gasteiger partial charge in [-0.15, -0.1) is 0 Å². The van der Waals surface area contributed by atoms with Crippen LogP contribution in [-0.4, -0.2) is 108 Å². The number of allylic oxidation sites excluding steroid dienone is 6. The van der Waals surface area contributed by atoms with E-state index in [0.29, 0.717) is 18.8 Å². The van der Waals surface area contributed by atoms with Gasteiger partial charge in [0.2, 0.25) is 0 Å². The summed E-state index contributed by atoms with van der Waals surface area (Å²) in [6.07, 6.45) is 18.8. The van der Waals surface area contributed by atoms with Gasteiger partial charge in [-0.2, -0.15) is 9.29 Å². The summed E-state index contributed by atoms with van der Waals surface area (Å²) in [5.41, 5.74) is 4.55. The lowest BCUT2D eigenvalue weighted by molar-refractivity contribution is -0.161. The van der Waals surface area contributed by atoms with Gasteiger partial charge in [0.15, 0.2) is 12.3 Å². The molecule has 22 heteroatoms. The SMILES string of the molecule is CCCCC[C@@H](O)/C=C/C=C\C/C=C\C=C\[C@@H](O)CCCC(=O)O[C@H](COC(=O)CCCCCCCCC(C)CC)COP(=O)(O)OP(=O)(O)OC[C@H]1O[C@@H](n2ccc(N)nc2=O)[C@H](O)[C@@H]1O. The maximum atomic E-state index is 12.8. The number of hydrogen-bond donors (Lipinski definition) is 7. The van der Waals surface area contributed by atoms with E-state index in [9.17, 15) is 53.7 Å². The number of aliphatic hydroxyl groups excluding tert-OH is 4. The van der Waals surface area contributed by atoms with Crippen molar-refractivity contribution in [3.05, 3.63) is 71.4 Å². The molecular weight excluding hydrogens is 916 g/mol. The number of nitrogens with two attached hydrogens (primary N) is 1. The summed E-state index contributed by atoms with van der Waals surface area (Å²) in [5, 5.41) is 41.1. The molecule has 0 aliphatic carbocycles. The largest absolute Gasteiger partial charge is 0.481 e. The van der Waals surface area contributed by atoms with Crippen molar-refractivity contribution in [2.45, 2.75) is 173 Å². The van der Waals surface area contributed by atoms with Gasteiger partial charge in [0.25, 0.3) is 0 Å². The van der Waals surface area contributed by atoms with Gasteiger partial charge in [-0.25, -0.2) is 13.9 Å². The molecule has 1 aromatic heterocycles. The molecule has 1 saturated heterocycles. The number of rotatable bonds is 36. The van der Waals surface area contributed by atoms with E-state index in [0.717, 1.165) is 75.0 Å². The van der Waals surface area contributed by atoms with Crippen molar-refractivity contribution in [2.75, 3.05) is 25.6 Å². The fraction of sp³-hybridized carbons (Fsp3) is 0.689. The number of aliphatic hydroxyl groups is 4. The van der Waals surface area contributed by atoms with Crippen LogP contribution in [-0.2, 0) is 46.3 Å². The lowest BCUT2D eigenvalue weighted by Crippen LogP contribution is -2.36. The predicted octanol–water partition coefficient (Wildman–Crippen LogP) is 6.40. The highest BCUT2D eigenvalue weighted by molar-refractivity contribution is 7.61. The van der Waals surface area contributed by atoms with Gasteiger partial charge >= 0.3 is 33.3 Å². The molecular formula is C45H75N3O17P2. The summed E-state index contributed by atoms with van der Waals surface area (Å²) >= 11 is 0. The van der Waals surface area contributed by atoms with E-state index in [2.05, 4.69) is 30.1 Å². The van der Waals surface area contributed by atoms with Crippen LogP contribution in [0, 0.1) is 5.92 Å². The van der Waals surface area contributed by atoms with Gasteiger partial charge in [0, 0.05) is 19.0 Å². The van der Waals surface area contributed by atoms with Crippen molar-refractivity contribution < 1.29 is 76.5 Å². The molecule has 2 heterocycles. The Morgan fingerprint density at radius 2 is 1.42 bits per heavy atom. The van der Waals surface area contributed by atoms with Crippen molar-refractivity contribution in [3.8, 4) is 0 Å². The van der Waals surface area contributed by atoms with Gasteiger partial charge in [-0.3, -0.25) is 23.2 Å². The molecule has 382 valence electrons. The summed E-state index contributed by atoms with van der Waals surface area (Å²) in [5.74, 6) is -0.844. The zero-order valence-corrected chi connectivity index (χ0v) is 40.9. The Hall–Kier alpha value is -3.36. The van der Waals surface area contributed by atoms with Crippen LogP contribution in [0.5, 0.6) is 0 Å². The molecule has 1 aromatic rings. The molecule has 1 fully saturated rings. The van der Waals surface area contributed by atoms with Crippen LogP contribution >= 0.6 is 15.6 Å². The molecule has 67 heavy (non-hydrogen) atoms. The fourth-order valence-corrected chi connectivity index (χ4v) is 8.67. The second kappa shape index (κ2) is 33.2. The predicted molar refractivity (Wildman–Crippen MR) is 250 cm³/mol. The molecule has 1 aliphatic heterocycles. The first-order valence-electron chi connectivity index (χ1n) is 23.3. The smallest absolute Gasteiger partial charge is 0.462 e. The molecule has 8 N–H and O–H groups in total. The Labute approximate surface area is 394 Å². The second-order valence-corrected chi connectivity index (χ2v) is 19.6. The normalized spacial score (nSPS) is 21.4. The zero-order valence-electron chi connectivity index (χ0n) is 39.1. The minimum atomic E-state index is -5.48. The molecule has 0 aromatic carbocycles. The lowest BCUT2D eigenvalue weighted by Gasteiger charge is -2.21. The first-order valence-corrected chi connectivity index (χ1v) is 26.3. The molecule has 20 nitrogen and oxygen atoms in total. The zero-order chi connectivity index (χ0) is 49.7. The molecule has 0 amide bonds. The van der Waals surface area contributed by atoms with E-state index >= 15 is 0 Å². The average Bonchev–Trinajstić information content (AvgIpc) is 3.55. The minimum absolute atomic E-state index is 0.0741.